The van der Waals surface area contributed by atoms with Gasteiger partial charge in [0.1, 0.15) is 0 Å². The Kier molecular flexibility index (Phi) is 4.10. The van der Waals surface area contributed by atoms with Crippen LogP contribution in [0.25, 0.3) is 0 Å². The Bertz CT molecular complexity index is 348. The fraction of sp³-hybridized carbons (Fsp3) is 0.333. The molecule has 5 heteroatoms. The van der Waals surface area contributed by atoms with Crippen LogP contribution in [0.4, 0.5) is 0 Å². The summed E-state index contributed by atoms with van der Waals surface area (Å²) in [5, 5.41) is 0.204. The van der Waals surface area contributed by atoms with Crippen molar-refractivity contribution in [2.24, 2.45) is 0 Å². The van der Waals surface area contributed by atoms with E-state index in [0.29, 0.717) is 17.9 Å². The van der Waals surface area contributed by atoms with Crippen LogP contribution in [0, 0.1) is 0 Å². The van der Waals surface area contributed by atoms with Crippen molar-refractivity contribution in [2.45, 2.75) is 13.3 Å². The second kappa shape index (κ2) is 5.12. The molecule has 76 valence electrons. The van der Waals surface area contributed by atoms with Crippen molar-refractivity contribution in [3.05, 3.63) is 27.7 Å². The molecule has 0 N–H and O–H groups in total. The largest absolute Gasteiger partial charge is 0.461 e. The molecule has 0 bridgehead atoms. The fourth-order valence-electron chi connectivity index (χ4n) is 0.748. The minimum Gasteiger partial charge on any atom is -0.461 e. The Labute approximate surface area is 91.4 Å². The maximum Gasteiger partial charge on any atom is 0.351 e. The molecule has 0 atom stereocenters. The van der Waals surface area contributed by atoms with Crippen LogP contribution in [0.15, 0.2) is 17.7 Å². The Hall–Kier alpha value is -0.870. The molecule has 0 amide bonds. The Balaban J connectivity index is 2.44. The molecular weight excluding hydrogens is 222 g/mol. The van der Waals surface area contributed by atoms with Gasteiger partial charge in [-0.05, 0) is 6.92 Å². The first-order valence-corrected chi connectivity index (χ1v) is 5.27. The number of rotatable bonds is 4. The maximum absolute atomic E-state index is 11.3. The fourth-order valence-corrected chi connectivity index (χ4v) is 1.63. The number of ether oxygens (including phenoxy) is 1. The van der Waals surface area contributed by atoms with Gasteiger partial charge in [-0.1, -0.05) is 17.2 Å². The molecule has 14 heavy (non-hydrogen) atoms. The quantitative estimate of drug-likeness (QED) is 0.591. The number of carbonyl (C=O) groups is 1. The first kappa shape index (κ1) is 11.2. The molecule has 0 saturated heterocycles. The number of halogens is 1. The van der Waals surface area contributed by atoms with E-state index in [1.54, 1.807) is 0 Å². The number of hydrogen-bond acceptors (Lipinski definition) is 4. The highest BCUT2D eigenvalue weighted by molar-refractivity contribution is 7.12. The van der Waals surface area contributed by atoms with Gasteiger partial charge in [-0.25, -0.2) is 9.78 Å². The summed E-state index contributed by atoms with van der Waals surface area (Å²) < 4.78 is 4.96. The minimum atomic E-state index is -0.418. The van der Waals surface area contributed by atoms with Gasteiger partial charge in [0, 0.05) is 6.42 Å². The highest BCUT2D eigenvalue weighted by Crippen LogP contribution is 2.19. The second-order valence-corrected chi connectivity index (χ2v) is 4.03. The molecule has 1 heterocycles. The van der Waals surface area contributed by atoms with Crippen molar-refractivity contribution in [1.29, 1.82) is 0 Å². The molecule has 0 aliphatic carbocycles. The smallest absolute Gasteiger partial charge is 0.351 e. The number of thiazole rings is 1. The first-order valence-electron chi connectivity index (χ1n) is 4.01. The summed E-state index contributed by atoms with van der Waals surface area (Å²) in [6.07, 6.45) is 0.669. The summed E-state index contributed by atoms with van der Waals surface area (Å²) in [7, 11) is 0. The van der Waals surface area contributed by atoms with E-state index in [1.807, 2.05) is 6.92 Å². The molecule has 0 aliphatic heterocycles. The van der Waals surface area contributed by atoms with Gasteiger partial charge in [-0.15, -0.1) is 17.9 Å². The molecule has 0 unspecified atom stereocenters. The van der Waals surface area contributed by atoms with Gasteiger partial charge in [0.15, 0.2) is 10.0 Å². The molecule has 3 nitrogen and oxygen atoms in total. The van der Waals surface area contributed by atoms with E-state index >= 15 is 0 Å². The molecule has 1 aromatic heterocycles. The van der Waals surface area contributed by atoms with Crippen LogP contribution in [-0.2, 0) is 4.74 Å². The van der Waals surface area contributed by atoms with Gasteiger partial charge in [0.25, 0.3) is 0 Å². The van der Waals surface area contributed by atoms with E-state index in [-0.39, 0.29) is 5.15 Å². The van der Waals surface area contributed by atoms with Crippen molar-refractivity contribution in [2.75, 3.05) is 6.61 Å². The zero-order chi connectivity index (χ0) is 10.6. The maximum atomic E-state index is 11.3. The lowest BCUT2D eigenvalue weighted by Gasteiger charge is -2.02. The van der Waals surface area contributed by atoms with Crippen molar-refractivity contribution in [3.63, 3.8) is 0 Å². The Morgan fingerprint density at radius 1 is 1.79 bits per heavy atom. The standard InChI is InChI=1S/C9H10ClNO2S/c1-6(2)3-4-13-9(12)7-8(10)11-5-14-7/h5H,1,3-4H2,2H3. The zero-order valence-electron chi connectivity index (χ0n) is 7.75. The van der Waals surface area contributed by atoms with E-state index < -0.39 is 5.97 Å². The predicted octanol–water partition coefficient (Wildman–Crippen LogP) is 2.92. The third kappa shape index (κ3) is 3.12. The molecule has 0 aromatic carbocycles. The lowest BCUT2D eigenvalue weighted by molar-refractivity contribution is 0.0515. The second-order valence-electron chi connectivity index (χ2n) is 2.82. The van der Waals surface area contributed by atoms with Gasteiger partial charge in [0.05, 0.1) is 12.1 Å². The summed E-state index contributed by atoms with van der Waals surface area (Å²) in [5.41, 5.74) is 2.49. The summed E-state index contributed by atoms with van der Waals surface area (Å²) in [4.78, 5) is 15.4. The number of hydrogen-bond donors (Lipinski definition) is 0. The van der Waals surface area contributed by atoms with E-state index in [1.165, 1.54) is 16.8 Å². The molecule has 1 rings (SSSR count). The van der Waals surface area contributed by atoms with Crippen molar-refractivity contribution in [3.8, 4) is 0 Å². The highest BCUT2D eigenvalue weighted by Gasteiger charge is 2.14. The van der Waals surface area contributed by atoms with Gasteiger partial charge >= 0.3 is 5.97 Å². The molecule has 0 aliphatic rings. The van der Waals surface area contributed by atoms with Crippen LogP contribution in [0.2, 0.25) is 5.15 Å². The molecule has 1 aromatic rings. The summed E-state index contributed by atoms with van der Waals surface area (Å²) in [6, 6.07) is 0. The number of nitrogens with zero attached hydrogens (tertiary/aromatic N) is 1. The van der Waals surface area contributed by atoms with Gasteiger partial charge in [0.2, 0.25) is 0 Å². The Morgan fingerprint density at radius 3 is 3.00 bits per heavy atom. The normalized spacial score (nSPS) is 9.86. The lowest BCUT2D eigenvalue weighted by Crippen LogP contribution is -2.05. The predicted molar refractivity (Wildman–Crippen MR) is 56.8 cm³/mol. The number of carbonyl (C=O) groups excluding carboxylic acids is 1. The van der Waals surface area contributed by atoms with Crippen LogP contribution in [0.3, 0.4) is 0 Å². The number of esters is 1. The third-order valence-corrected chi connectivity index (χ3v) is 2.68. The van der Waals surface area contributed by atoms with E-state index in [9.17, 15) is 4.79 Å². The SMILES string of the molecule is C=C(C)CCOC(=O)c1scnc1Cl. The van der Waals surface area contributed by atoms with E-state index in [0.717, 1.165) is 5.57 Å². The molecule has 0 fully saturated rings. The number of aromatic nitrogens is 1. The lowest BCUT2D eigenvalue weighted by atomic mass is 10.3. The van der Waals surface area contributed by atoms with Crippen molar-refractivity contribution < 1.29 is 9.53 Å². The summed E-state index contributed by atoms with van der Waals surface area (Å²) >= 11 is 6.83. The van der Waals surface area contributed by atoms with Gasteiger partial charge in [-0.3, -0.25) is 0 Å². The zero-order valence-corrected chi connectivity index (χ0v) is 9.32. The van der Waals surface area contributed by atoms with Crippen LogP contribution in [0.1, 0.15) is 23.0 Å². The third-order valence-electron chi connectivity index (χ3n) is 1.47. The molecule has 0 saturated carbocycles. The summed E-state index contributed by atoms with van der Waals surface area (Å²) in [6.45, 7) is 5.92. The van der Waals surface area contributed by atoms with Gasteiger partial charge in [-0.2, -0.15) is 0 Å². The van der Waals surface area contributed by atoms with Crippen LogP contribution in [-0.4, -0.2) is 17.6 Å². The first-order chi connectivity index (χ1) is 6.61. The Morgan fingerprint density at radius 2 is 2.50 bits per heavy atom. The monoisotopic (exact) mass is 231 g/mol. The topological polar surface area (TPSA) is 39.2 Å². The van der Waals surface area contributed by atoms with Gasteiger partial charge < -0.3 is 4.74 Å². The molecule has 0 spiro atoms. The average molecular weight is 232 g/mol. The van der Waals surface area contributed by atoms with Crippen molar-refractivity contribution >= 4 is 28.9 Å². The summed E-state index contributed by atoms with van der Waals surface area (Å²) in [5.74, 6) is -0.418. The molecular formula is C9H10ClNO2S. The minimum absolute atomic E-state index is 0.204. The van der Waals surface area contributed by atoms with E-state index in [4.69, 9.17) is 16.3 Å². The highest BCUT2D eigenvalue weighted by atomic mass is 35.5. The average Bonchev–Trinajstić information content (AvgIpc) is 2.50. The molecule has 0 radical (unpaired) electrons. The van der Waals surface area contributed by atoms with Crippen LogP contribution in [0.5, 0.6) is 0 Å². The van der Waals surface area contributed by atoms with E-state index in [2.05, 4.69) is 11.6 Å². The van der Waals surface area contributed by atoms with Crippen molar-refractivity contribution in [1.82, 2.24) is 4.98 Å². The van der Waals surface area contributed by atoms with Crippen LogP contribution < -0.4 is 0 Å². The van der Waals surface area contributed by atoms with Crippen LogP contribution >= 0.6 is 22.9 Å².